The minimum absolute atomic E-state index is 0.0649. The van der Waals surface area contributed by atoms with E-state index >= 15 is 0 Å². The van der Waals surface area contributed by atoms with Crippen LogP contribution in [0.1, 0.15) is 31.8 Å². The number of fused-ring (bicyclic) bond motifs is 1. The molecule has 2 aliphatic heterocycles. The highest BCUT2D eigenvalue weighted by atomic mass is 35.5. The van der Waals surface area contributed by atoms with Crippen LogP contribution in [0, 0.1) is 0 Å². The number of rotatable bonds is 3. The van der Waals surface area contributed by atoms with Crippen molar-refractivity contribution in [3.63, 3.8) is 0 Å². The van der Waals surface area contributed by atoms with Gasteiger partial charge in [0.05, 0.1) is 12.8 Å². The standard InChI is InChI=1S/C20H28ClN5O3S/c1-20(2,3)29-19(27)25-6-4-24(5-7-25)18(26-8-9-28-16(21)12-26)15-10-14-11-22-13-23-17(14)30-15/h10-11,13,16,18H,4-9,12H2,1-3H3. The lowest BCUT2D eigenvalue weighted by Crippen LogP contribution is -2.55. The molecule has 164 valence electrons. The van der Waals surface area contributed by atoms with Crippen molar-refractivity contribution in [2.24, 2.45) is 0 Å². The Morgan fingerprint density at radius 1 is 1.27 bits per heavy atom. The second kappa shape index (κ2) is 8.92. The van der Waals surface area contributed by atoms with E-state index in [2.05, 4.69) is 25.8 Å². The molecule has 2 aromatic rings. The summed E-state index contributed by atoms with van der Waals surface area (Å²) in [6.45, 7) is 10.5. The molecule has 4 rings (SSSR count). The molecule has 0 aliphatic carbocycles. The Hall–Kier alpha value is -1.52. The summed E-state index contributed by atoms with van der Waals surface area (Å²) in [5.74, 6) is 0. The van der Waals surface area contributed by atoms with Crippen LogP contribution in [-0.2, 0) is 9.47 Å². The van der Waals surface area contributed by atoms with Crippen LogP contribution in [-0.4, -0.2) is 87.8 Å². The second-order valence-corrected chi connectivity index (χ2v) is 10.1. The molecule has 2 saturated heterocycles. The maximum Gasteiger partial charge on any atom is 0.410 e. The van der Waals surface area contributed by atoms with Gasteiger partial charge in [0.2, 0.25) is 0 Å². The number of piperazine rings is 1. The first-order valence-electron chi connectivity index (χ1n) is 10.2. The number of amides is 1. The predicted molar refractivity (Wildman–Crippen MR) is 117 cm³/mol. The van der Waals surface area contributed by atoms with E-state index in [0.717, 1.165) is 29.9 Å². The van der Waals surface area contributed by atoms with Gasteiger partial charge in [0, 0.05) is 55.7 Å². The average molecular weight is 454 g/mol. The number of thiophene rings is 1. The van der Waals surface area contributed by atoms with Crippen LogP contribution in [0.3, 0.4) is 0 Å². The lowest BCUT2D eigenvalue weighted by Gasteiger charge is -2.45. The molecule has 2 aliphatic rings. The molecule has 2 aromatic heterocycles. The number of carbonyl (C=O) groups excluding carboxylic acids is 1. The first kappa shape index (κ1) is 21.7. The maximum absolute atomic E-state index is 12.4. The van der Waals surface area contributed by atoms with E-state index in [9.17, 15) is 4.79 Å². The Labute approximate surface area is 185 Å². The van der Waals surface area contributed by atoms with Crippen LogP contribution < -0.4 is 0 Å². The first-order chi connectivity index (χ1) is 14.3. The summed E-state index contributed by atoms with van der Waals surface area (Å²) in [4.78, 5) is 29.8. The van der Waals surface area contributed by atoms with Crippen molar-refractivity contribution in [1.29, 1.82) is 0 Å². The topological polar surface area (TPSA) is 71.0 Å². The van der Waals surface area contributed by atoms with Crippen molar-refractivity contribution in [3.05, 3.63) is 23.5 Å². The molecule has 0 radical (unpaired) electrons. The number of halogens is 1. The summed E-state index contributed by atoms with van der Waals surface area (Å²) < 4.78 is 11.1. The lowest BCUT2D eigenvalue weighted by molar-refractivity contribution is -0.0601. The largest absolute Gasteiger partial charge is 0.444 e. The van der Waals surface area contributed by atoms with Gasteiger partial charge in [-0.1, -0.05) is 11.6 Å². The van der Waals surface area contributed by atoms with Gasteiger partial charge in [-0.25, -0.2) is 14.8 Å². The van der Waals surface area contributed by atoms with Crippen LogP contribution in [0.15, 0.2) is 18.6 Å². The van der Waals surface area contributed by atoms with Crippen molar-refractivity contribution in [2.45, 2.75) is 38.1 Å². The Morgan fingerprint density at radius 3 is 2.70 bits per heavy atom. The van der Waals surface area contributed by atoms with E-state index in [1.165, 1.54) is 4.88 Å². The minimum atomic E-state index is -0.488. The highest BCUT2D eigenvalue weighted by molar-refractivity contribution is 7.18. The van der Waals surface area contributed by atoms with E-state index in [0.29, 0.717) is 26.2 Å². The quantitative estimate of drug-likeness (QED) is 0.661. The molecular weight excluding hydrogens is 426 g/mol. The maximum atomic E-state index is 12.4. The SMILES string of the molecule is CC(C)(C)OC(=O)N1CCN(C(c2cc3cncnc3s2)N2CCOC(Cl)C2)CC1. The molecule has 2 fully saturated rings. The molecular formula is C20H28ClN5O3S. The highest BCUT2D eigenvalue weighted by Crippen LogP contribution is 2.35. The molecule has 1 amide bonds. The van der Waals surface area contributed by atoms with Gasteiger partial charge >= 0.3 is 6.09 Å². The van der Waals surface area contributed by atoms with Crippen LogP contribution in [0.5, 0.6) is 0 Å². The number of nitrogens with zero attached hydrogens (tertiary/aromatic N) is 5. The summed E-state index contributed by atoms with van der Waals surface area (Å²) in [6.07, 6.45) is 3.25. The molecule has 2 atom stereocenters. The number of carbonyl (C=O) groups is 1. The van der Waals surface area contributed by atoms with Crippen LogP contribution in [0.2, 0.25) is 0 Å². The summed E-state index contributed by atoms with van der Waals surface area (Å²) in [6, 6.07) is 2.17. The number of hydrogen-bond acceptors (Lipinski definition) is 8. The van der Waals surface area contributed by atoms with Crippen LogP contribution in [0.25, 0.3) is 10.2 Å². The third kappa shape index (κ3) is 5.03. The fourth-order valence-corrected chi connectivity index (χ4v) is 5.26. The minimum Gasteiger partial charge on any atom is -0.444 e. The Morgan fingerprint density at radius 2 is 2.03 bits per heavy atom. The van der Waals surface area contributed by atoms with E-state index in [1.54, 1.807) is 22.6 Å². The van der Waals surface area contributed by atoms with Gasteiger partial charge in [-0.05, 0) is 26.8 Å². The average Bonchev–Trinajstić information content (AvgIpc) is 3.11. The number of ether oxygens (including phenoxy) is 2. The number of hydrogen-bond donors (Lipinski definition) is 0. The molecule has 0 aromatic carbocycles. The summed E-state index contributed by atoms with van der Waals surface area (Å²) in [5, 5.41) is 1.05. The molecule has 30 heavy (non-hydrogen) atoms. The number of aromatic nitrogens is 2. The summed E-state index contributed by atoms with van der Waals surface area (Å²) in [7, 11) is 0. The van der Waals surface area contributed by atoms with Gasteiger partial charge in [0.1, 0.15) is 22.3 Å². The van der Waals surface area contributed by atoms with Crippen molar-refractivity contribution in [3.8, 4) is 0 Å². The smallest absolute Gasteiger partial charge is 0.410 e. The molecule has 0 N–H and O–H groups in total. The van der Waals surface area contributed by atoms with Gasteiger partial charge in [0.15, 0.2) is 0 Å². The Kier molecular flexibility index (Phi) is 6.45. The highest BCUT2D eigenvalue weighted by Gasteiger charge is 2.35. The monoisotopic (exact) mass is 453 g/mol. The van der Waals surface area contributed by atoms with Crippen LogP contribution >= 0.6 is 22.9 Å². The van der Waals surface area contributed by atoms with Crippen molar-refractivity contribution in [1.82, 2.24) is 24.7 Å². The second-order valence-electron chi connectivity index (χ2n) is 8.58. The molecule has 8 nitrogen and oxygen atoms in total. The lowest BCUT2D eigenvalue weighted by atomic mass is 10.2. The molecule has 0 saturated carbocycles. The molecule has 2 unspecified atom stereocenters. The van der Waals surface area contributed by atoms with E-state index < -0.39 is 5.60 Å². The normalized spacial score (nSPS) is 22.9. The van der Waals surface area contributed by atoms with E-state index in [1.807, 2.05) is 27.0 Å². The molecule has 4 heterocycles. The molecule has 10 heteroatoms. The fraction of sp³-hybridized carbons (Fsp3) is 0.650. The summed E-state index contributed by atoms with van der Waals surface area (Å²) >= 11 is 8.00. The summed E-state index contributed by atoms with van der Waals surface area (Å²) in [5.41, 5.74) is -0.809. The third-order valence-electron chi connectivity index (χ3n) is 5.18. The number of morpholine rings is 1. The van der Waals surface area contributed by atoms with E-state index in [4.69, 9.17) is 21.1 Å². The van der Waals surface area contributed by atoms with E-state index in [-0.39, 0.29) is 17.8 Å². The van der Waals surface area contributed by atoms with Gasteiger partial charge in [-0.15, -0.1) is 11.3 Å². The van der Waals surface area contributed by atoms with Gasteiger partial charge < -0.3 is 14.4 Å². The van der Waals surface area contributed by atoms with Gasteiger partial charge in [-0.2, -0.15) is 0 Å². The Balaban J connectivity index is 1.52. The van der Waals surface area contributed by atoms with Crippen LogP contribution in [0.4, 0.5) is 4.79 Å². The predicted octanol–water partition coefficient (Wildman–Crippen LogP) is 3.14. The van der Waals surface area contributed by atoms with Crippen molar-refractivity contribution >= 4 is 39.2 Å². The molecule has 0 spiro atoms. The first-order valence-corrected chi connectivity index (χ1v) is 11.5. The Bertz CT molecular complexity index is 848. The zero-order chi connectivity index (χ0) is 21.3. The number of alkyl halides is 1. The zero-order valence-corrected chi connectivity index (χ0v) is 19.2. The zero-order valence-electron chi connectivity index (χ0n) is 17.6. The molecule has 0 bridgehead atoms. The van der Waals surface area contributed by atoms with Crippen molar-refractivity contribution < 1.29 is 14.3 Å². The third-order valence-corrected chi connectivity index (χ3v) is 6.54. The van der Waals surface area contributed by atoms with Gasteiger partial charge in [0.25, 0.3) is 0 Å². The van der Waals surface area contributed by atoms with Crippen molar-refractivity contribution in [2.75, 3.05) is 45.9 Å². The van der Waals surface area contributed by atoms with Gasteiger partial charge in [-0.3, -0.25) is 9.80 Å². The fourth-order valence-electron chi connectivity index (χ4n) is 3.85.